The number of anilines is 3. The number of hydrogen-bond donors (Lipinski definition) is 2. The van der Waals surface area contributed by atoms with Crippen LogP contribution in [0.3, 0.4) is 0 Å². The number of nitrogens with zero attached hydrogens (tertiary/aromatic N) is 2. The third-order valence-electron chi connectivity index (χ3n) is 3.65. The fourth-order valence-corrected chi connectivity index (χ4v) is 2.74. The van der Waals surface area contributed by atoms with Gasteiger partial charge < -0.3 is 15.4 Å². The van der Waals surface area contributed by atoms with Gasteiger partial charge in [0.25, 0.3) is 0 Å². The van der Waals surface area contributed by atoms with E-state index >= 15 is 0 Å². The van der Waals surface area contributed by atoms with E-state index in [1.54, 1.807) is 6.33 Å². The molecule has 1 saturated heterocycles. The molecule has 1 aliphatic heterocycles. The van der Waals surface area contributed by atoms with Gasteiger partial charge in [-0.05, 0) is 37.5 Å². The van der Waals surface area contributed by atoms with E-state index in [0.29, 0.717) is 6.10 Å². The molecule has 0 spiro atoms. The minimum absolute atomic E-state index is 0.291. The first-order chi connectivity index (χ1) is 10.7. The van der Waals surface area contributed by atoms with Gasteiger partial charge in [-0.1, -0.05) is 22.0 Å². The Morgan fingerprint density at radius 2 is 2.14 bits per heavy atom. The van der Waals surface area contributed by atoms with Crippen LogP contribution in [0.1, 0.15) is 18.4 Å². The molecular formula is C16H19BrN4O. The van der Waals surface area contributed by atoms with Crippen molar-refractivity contribution in [2.24, 2.45) is 0 Å². The van der Waals surface area contributed by atoms with Gasteiger partial charge in [0.1, 0.15) is 18.0 Å². The third-order valence-corrected chi connectivity index (χ3v) is 4.50. The van der Waals surface area contributed by atoms with Crippen molar-refractivity contribution in [2.75, 3.05) is 23.8 Å². The molecule has 0 radical (unpaired) electrons. The summed E-state index contributed by atoms with van der Waals surface area (Å²) in [6.07, 6.45) is 4.11. The van der Waals surface area contributed by atoms with E-state index in [1.165, 1.54) is 5.56 Å². The van der Waals surface area contributed by atoms with E-state index in [2.05, 4.69) is 49.5 Å². The third kappa shape index (κ3) is 3.96. The second-order valence-corrected chi connectivity index (χ2v) is 6.25. The Balaban J connectivity index is 1.63. The molecule has 0 saturated carbocycles. The molecule has 1 atom stereocenters. The normalized spacial score (nSPS) is 17.5. The Morgan fingerprint density at radius 1 is 1.27 bits per heavy atom. The van der Waals surface area contributed by atoms with Gasteiger partial charge in [0, 0.05) is 29.4 Å². The van der Waals surface area contributed by atoms with Crippen LogP contribution in [-0.2, 0) is 4.74 Å². The van der Waals surface area contributed by atoms with E-state index in [0.717, 1.165) is 47.8 Å². The van der Waals surface area contributed by atoms with Crippen molar-refractivity contribution in [3.63, 3.8) is 0 Å². The molecule has 1 unspecified atom stereocenters. The maximum absolute atomic E-state index is 5.60. The molecular weight excluding hydrogens is 344 g/mol. The SMILES string of the molecule is Cc1ccc(Nc2cc(NCC3CCCO3)ncn2)cc1Br. The summed E-state index contributed by atoms with van der Waals surface area (Å²) < 4.78 is 6.67. The van der Waals surface area contributed by atoms with Crippen LogP contribution in [0.4, 0.5) is 17.3 Å². The molecule has 0 amide bonds. The molecule has 2 heterocycles. The molecule has 116 valence electrons. The predicted octanol–water partition coefficient (Wildman–Crippen LogP) is 3.88. The number of halogens is 1. The molecule has 22 heavy (non-hydrogen) atoms. The van der Waals surface area contributed by atoms with Crippen molar-refractivity contribution in [1.82, 2.24) is 9.97 Å². The van der Waals surface area contributed by atoms with Crippen molar-refractivity contribution in [2.45, 2.75) is 25.9 Å². The average Bonchev–Trinajstić information content (AvgIpc) is 3.03. The number of ether oxygens (including phenoxy) is 1. The highest BCUT2D eigenvalue weighted by atomic mass is 79.9. The fourth-order valence-electron chi connectivity index (χ4n) is 2.36. The Bertz CT molecular complexity index is 644. The first kappa shape index (κ1) is 15.2. The molecule has 0 bridgehead atoms. The number of nitrogens with one attached hydrogen (secondary N) is 2. The maximum Gasteiger partial charge on any atom is 0.135 e. The molecule has 2 aromatic rings. The predicted molar refractivity (Wildman–Crippen MR) is 91.7 cm³/mol. The summed E-state index contributed by atoms with van der Waals surface area (Å²) >= 11 is 3.54. The van der Waals surface area contributed by atoms with Gasteiger partial charge in [-0.25, -0.2) is 9.97 Å². The van der Waals surface area contributed by atoms with E-state index in [-0.39, 0.29) is 0 Å². The zero-order valence-corrected chi connectivity index (χ0v) is 14.1. The summed E-state index contributed by atoms with van der Waals surface area (Å²) in [7, 11) is 0. The number of rotatable bonds is 5. The van der Waals surface area contributed by atoms with Crippen LogP contribution >= 0.6 is 15.9 Å². The lowest BCUT2D eigenvalue weighted by atomic mass is 10.2. The van der Waals surface area contributed by atoms with Crippen molar-refractivity contribution in [3.05, 3.63) is 40.6 Å². The molecule has 0 aliphatic carbocycles. The quantitative estimate of drug-likeness (QED) is 0.844. The molecule has 1 aliphatic rings. The smallest absolute Gasteiger partial charge is 0.135 e. The van der Waals surface area contributed by atoms with Gasteiger partial charge in [-0.2, -0.15) is 0 Å². The summed E-state index contributed by atoms with van der Waals surface area (Å²) in [6, 6.07) is 8.03. The second-order valence-electron chi connectivity index (χ2n) is 5.39. The van der Waals surface area contributed by atoms with Crippen molar-refractivity contribution in [3.8, 4) is 0 Å². The van der Waals surface area contributed by atoms with Gasteiger partial charge in [0.2, 0.25) is 0 Å². The summed E-state index contributed by atoms with van der Waals surface area (Å²) in [5.41, 5.74) is 2.19. The Kier molecular flexibility index (Phi) is 4.90. The first-order valence-electron chi connectivity index (χ1n) is 7.41. The lowest BCUT2D eigenvalue weighted by molar-refractivity contribution is 0.120. The first-order valence-corrected chi connectivity index (χ1v) is 8.21. The number of benzene rings is 1. The topological polar surface area (TPSA) is 59.1 Å². The van der Waals surface area contributed by atoms with Crippen LogP contribution in [0, 0.1) is 6.92 Å². The summed E-state index contributed by atoms with van der Waals surface area (Å²) in [4.78, 5) is 8.50. The van der Waals surface area contributed by atoms with Gasteiger partial charge in [0.05, 0.1) is 6.10 Å². The minimum atomic E-state index is 0.291. The van der Waals surface area contributed by atoms with Gasteiger partial charge in [-0.3, -0.25) is 0 Å². The van der Waals surface area contributed by atoms with Crippen LogP contribution in [0.25, 0.3) is 0 Å². The Hall–Kier alpha value is -1.66. The van der Waals surface area contributed by atoms with Crippen LogP contribution in [0.2, 0.25) is 0 Å². The van der Waals surface area contributed by atoms with E-state index in [4.69, 9.17) is 4.74 Å². The van der Waals surface area contributed by atoms with Gasteiger partial charge in [0.15, 0.2) is 0 Å². The fraction of sp³-hybridized carbons (Fsp3) is 0.375. The highest BCUT2D eigenvalue weighted by Gasteiger charge is 2.15. The van der Waals surface area contributed by atoms with Crippen LogP contribution < -0.4 is 10.6 Å². The molecule has 6 heteroatoms. The molecule has 1 aromatic carbocycles. The summed E-state index contributed by atoms with van der Waals surface area (Å²) in [6.45, 7) is 3.71. The van der Waals surface area contributed by atoms with Crippen LogP contribution in [-0.4, -0.2) is 29.2 Å². The highest BCUT2D eigenvalue weighted by molar-refractivity contribution is 9.10. The zero-order valence-electron chi connectivity index (χ0n) is 12.5. The van der Waals surface area contributed by atoms with Gasteiger partial charge in [-0.15, -0.1) is 0 Å². The average molecular weight is 363 g/mol. The monoisotopic (exact) mass is 362 g/mol. The maximum atomic E-state index is 5.60. The van der Waals surface area contributed by atoms with Crippen molar-refractivity contribution < 1.29 is 4.74 Å². The van der Waals surface area contributed by atoms with E-state index in [1.807, 2.05) is 18.2 Å². The molecule has 1 aromatic heterocycles. The minimum Gasteiger partial charge on any atom is -0.376 e. The van der Waals surface area contributed by atoms with Gasteiger partial charge >= 0.3 is 0 Å². The van der Waals surface area contributed by atoms with Crippen LogP contribution in [0.15, 0.2) is 35.1 Å². The molecule has 1 fully saturated rings. The zero-order chi connectivity index (χ0) is 15.4. The van der Waals surface area contributed by atoms with Crippen molar-refractivity contribution in [1.29, 1.82) is 0 Å². The van der Waals surface area contributed by atoms with E-state index in [9.17, 15) is 0 Å². The second kappa shape index (κ2) is 7.07. The Labute approximate surface area is 138 Å². The number of aryl methyl sites for hydroxylation is 1. The van der Waals surface area contributed by atoms with E-state index < -0.39 is 0 Å². The standard InChI is InChI=1S/C16H19BrN4O/c1-11-4-5-12(7-14(11)17)21-16-8-15(19-10-20-16)18-9-13-3-2-6-22-13/h4-5,7-8,10,13H,2-3,6,9H2,1H3,(H2,18,19,20,21). The highest BCUT2D eigenvalue weighted by Crippen LogP contribution is 2.23. The molecule has 2 N–H and O–H groups in total. The van der Waals surface area contributed by atoms with Crippen molar-refractivity contribution >= 4 is 33.3 Å². The molecule has 3 rings (SSSR count). The summed E-state index contributed by atoms with van der Waals surface area (Å²) in [5.74, 6) is 1.57. The number of aromatic nitrogens is 2. The largest absolute Gasteiger partial charge is 0.376 e. The lowest BCUT2D eigenvalue weighted by Crippen LogP contribution is -2.19. The molecule has 5 nitrogen and oxygen atoms in total. The van der Waals surface area contributed by atoms with Crippen LogP contribution in [0.5, 0.6) is 0 Å². The number of hydrogen-bond acceptors (Lipinski definition) is 5. The Morgan fingerprint density at radius 3 is 2.91 bits per heavy atom. The lowest BCUT2D eigenvalue weighted by Gasteiger charge is -2.12. The summed E-state index contributed by atoms with van der Waals surface area (Å²) in [5, 5.41) is 6.60.